The maximum atomic E-state index is 4.47. The Morgan fingerprint density at radius 3 is 2.43 bits per heavy atom. The first-order valence-corrected chi connectivity index (χ1v) is 8.56. The molecule has 2 nitrogen and oxygen atoms in total. The van der Waals surface area contributed by atoms with Crippen LogP contribution < -0.4 is 0 Å². The predicted molar refractivity (Wildman–Crippen MR) is 93.0 cm³/mol. The van der Waals surface area contributed by atoms with E-state index in [1.807, 2.05) is 0 Å². The molecule has 1 aromatic rings. The first-order chi connectivity index (χ1) is 10.3. The lowest BCUT2D eigenvalue weighted by Crippen LogP contribution is -1.94. The zero-order chi connectivity index (χ0) is 15.3. The van der Waals surface area contributed by atoms with Crippen molar-refractivity contribution >= 4 is 11.7 Å². The summed E-state index contributed by atoms with van der Waals surface area (Å²) >= 11 is 0. The number of unbranched alkanes of at least 4 members (excludes halogenated alkanes) is 3. The third-order valence-corrected chi connectivity index (χ3v) is 3.63. The molecule has 0 amide bonds. The summed E-state index contributed by atoms with van der Waals surface area (Å²) in [5.74, 6) is 0. The number of aliphatic imine (C=N–C) groups is 2. The Labute approximate surface area is 130 Å². The van der Waals surface area contributed by atoms with Crippen molar-refractivity contribution in [1.29, 1.82) is 0 Å². The molecule has 0 bridgehead atoms. The van der Waals surface area contributed by atoms with Gasteiger partial charge in [-0.3, -0.25) is 0 Å². The van der Waals surface area contributed by atoms with E-state index in [0.29, 0.717) is 0 Å². The highest BCUT2D eigenvalue weighted by molar-refractivity contribution is 5.58. The average Bonchev–Trinajstić information content (AvgIpc) is 2.49. The third kappa shape index (κ3) is 6.73. The van der Waals surface area contributed by atoms with Gasteiger partial charge < -0.3 is 0 Å². The summed E-state index contributed by atoms with van der Waals surface area (Å²) in [5, 5.41) is 0. The predicted octanol–water partition coefficient (Wildman–Crippen LogP) is 5.98. The Morgan fingerprint density at radius 2 is 1.71 bits per heavy atom. The van der Waals surface area contributed by atoms with Crippen LogP contribution in [0.15, 0.2) is 28.2 Å². The zero-order valence-electron chi connectivity index (χ0n) is 14.0. The van der Waals surface area contributed by atoms with Crippen LogP contribution in [0.25, 0.3) is 0 Å². The van der Waals surface area contributed by atoms with Gasteiger partial charge in [-0.15, -0.1) is 0 Å². The summed E-state index contributed by atoms with van der Waals surface area (Å²) in [5.41, 5.74) is 3.88. The molecule has 0 radical (unpaired) electrons. The fraction of sp³-hybridized carbons (Fsp3) is 0.632. The second-order valence-electron chi connectivity index (χ2n) is 5.57. The molecule has 0 atom stereocenters. The normalized spacial score (nSPS) is 10.2. The molecule has 0 N–H and O–H groups in total. The molecule has 116 valence electrons. The summed E-state index contributed by atoms with van der Waals surface area (Å²) < 4.78 is 0. The first kappa shape index (κ1) is 17.7. The molecule has 2 heteroatoms. The van der Waals surface area contributed by atoms with Crippen molar-refractivity contribution in [2.45, 2.75) is 72.1 Å². The molecule has 0 unspecified atom stereocenters. The van der Waals surface area contributed by atoms with Crippen molar-refractivity contribution in [2.75, 3.05) is 6.54 Å². The molecule has 0 fully saturated rings. The fourth-order valence-electron chi connectivity index (χ4n) is 2.52. The molecular formula is C19H30N2. The van der Waals surface area contributed by atoms with Gasteiger partial charge in [0, 0.05) is 6.54 Å². The second-order valence-corrected chi connectivity index (χ2v) is 5.57. The molecule has 21 heavy (non-hydrogen) atoms. The second kappa shape index (κ2) is 11.3. The molecule has 0 aliphatic heterocycles. The Kier molecular flexibility index (Phi) is 9.48. The van der Waals surface area contributed by atoms with E-state index in [1.54, 1.807) is 0 Å². The van der Waals surface area contributed by atoms with Crippen LogP contribution in [0.2, 0.25) is 0 Å². The minimum atomic E-state index is 0.848. The van der Waals surface area contributed by atoms with Crippen LogP contribution in [0.5, 0.6) is 0 Å². The standard InChI is InChI=1S/C19H30N2/c1-4-7-8-9-15-20-16-21-19-14-10-13-17(11-5-2)18(19)12-6-3/h10,13-14H,4-9,11-12,15H2,1-3H3. The molecule has 0 aliphatic rings. The van der Waals surface area contributed by atoms with E-state index in [4.69, 9.17) is 0 Å². The SMILES string of the molecule is CCCCCCN=C=Nc1cccc(CCC)c1CCC. The van der Waals surface area contributed by atoms with Gasteiger partial charge in [0.25, 0.3) is 0 Å². The number of rotatable bonds is 10. The maximum Gasteiger partial charge on any atom is 0.0949 e. The third-order valence-electron chi connectivity index (χ3n) is 3.63. The molecule has 0 saturated heterocycles. The van der Waals surface area contributed by atoms with Crippen LogP contribution in [0.1, 0.15) is 70.4 Å². The summed E-state index contributed by atoms with van der Waals surface area (Å²) in [6.07, 6.45) is 9.52. The average molecular weight is 286 g/mol. The van der Waals surface area contributed by atoms with Crippen molar-refractivity contribution in [3.8, 4) is 0 Å². The number of hydrogen-bond acceptors (Lipinski definition) is 2. The molecule has 0 aromatic heterocycles. The minimum absolute atomic E-state index is 0.848. The van der Waals surface area contributed by atoms with Crippen molar-refractivity contribution in [2.24, 2.45) is 9.98 Å². The monoisotopic (exact) mass is 286 g/mol. The van der Waals surface area contributed by atoms with Crippen molar-refractivity contribution in [1.82, 2.24) is 0 Å². The summed E-state index contributed by atoms with van der Waals surface area (Å²) in [7, 11) is 0. The van der Waals surface area contributed by atoms with E-state index < -0.39 is 0 Å². The fourth-order valence-corrected chi connectivity index (χ4v) is 2.52. The summed E-state index contributed by atoms with van der Waals surface area (Å²) in [6.45, 7) is 7.52. The van der Waals surface area contributed by atoms with Gasteiger partial charge in [0.15, 0.2) is 0 Å². The van der Waals surface area contributed by atoms with Crippen LogP contribution in [-0.4, -0.2) is 12.6 Å². The number of benzene rings is 1. The van der Waals surface area contributed by atoms with Crippen LogP contribution in [0, 0.1) is 0 Å². The number of nitrogens with zero attached hydrogens (tertiary/aromatic N) is 2. The van der Waals surface area contributed by atoms with Crippen LogP contribution in [-0.2, 0) is 12.8 Å². The molecule has 0 aliphatic carbocycles. The lowest BCUT2D eigenvalue weighted by Gasteiger charge is -2.10. The van der Waals surface area contributed by atoms with E-state index in [-0.39, 0.29) is 0 Å². The smallest absolute Gasteiger partial charge is 0.0949 e. The van der Waals surface area contributed by atoms with E-state index in [0.717, 1.165) is 37.9 Å². The quantitative estimate of drug-likeness (QED) is 0.373. The van der Waals surface area contributed by atoms with E-state index >= 15 is 0 Å². The highest BCUT2D eigenvalue weighted by atomic mass is 14.8. The molecule has 1 aromatic carbocycles. The largest absolute Gasteiger partial charge is 0.225 e. The molecular weight excluding hydrogens is 256 g/mol. The van der Waals surface area contributed by atoms with Gasteiger partial charge in [0.1, 0.15) is 0 Å². The van der Waals surface area contributed by atoms with E-state index in [2.05, 4.69) is 55.0 Å². The number of aryl methyl sites for hydroxylation is 1. The van der Waals surface area contributed by atoms with Gasteiger partial charge in [-0.1, -0.05) is 65.0 Å². The molecule has 0 saturated carbocycles. The summed E-state index contributed by atoms with van der Waals surface area (Å²) in [4.78, 5) is 8.77. The Hall–Kier alpha value is -1.40. The van der Waals surface area contributed by atoms with Gasteiger partial charge >= 0.3 is 0 Å². The van der Waals surface area contributed by atoms with Crippen molar-refractivity contribution < 1.29 is 0 Å². The van der Waals surface area contributed by atoms with E-state index in [1.165, 1.54) is 36.8 Å². The topological polar surface area (TPSA) is 24.7 Å². The lowest BCUT2D eigenvalue weighted by molar-refractivity contribution is 0.676. The van der Waals surface area contributed by atoms with Gasteiger partial charge in [-0.05, 0) is 36.5 Å². The van der Waals surface area contributed by atoms with Gasteiger partial charge in [-0.25, -0.2) is 4.99 Å². The van der Waals surface area contributed by atoms with Gasteiger partial charge in [0.05, 0.1) is 11.7 Å². The Morgan fingerprint density at radius 1 is 0.905 bits per heavy atom. The Balaban J connectivity index is 2.72. The van der Waals surface area contributed by atoms with Crippen molar-refractivity contribution in [3.05, 3.63) is 29.3 Å². The van der Waals surface area contributed by atoms with Crippen LogP contribution in [0.4, 0.5) is 5.69 Å². The summed E-state index contributed by atoms with van der Waals surface area (Å²) in [6, 6.07) is 9.32. The molecule has 1 rings (SSSR count). The van der Waals surface area contributed by atoms with Gasteiger partial charge in [-0.2, -0.15) is 4.99 Å². The van der Waals surface area contributed by atoms with E-state index in [9.17, 15) is 0 Å². The van der Waals surface area contributed by atoms with Crippen LogP contribution >= 0.6 is 0 Å². The lowest BCUT2D eigenvalue weighted by atomic mass is 9.98. The molecule has 0 heterocycles. The Bertz CT molecular complexity index is 457. The first-order valence-electron chi connectivity index (χ1n) is 8.56. The maximum absolute atomic E-state index is 4.47. The van der Waals surface area contributed by atoms with Crippen molar-refractivity contribution in [3.63, 3.8) is 0 Å². The minimum Gasteiger partial charge on any atom is -0.225 e. The van der Waals surface area contributed by atoms with Crippen LogP contribution in [0.3, 0.4) is 0 Å². The highest BCUT2D eigenvalue weighted by Crippen LogP contribution is 2.25. The number of hydrogen-bond donors (Lipinski definition) is 0. The van der Waals surface area contributed by atoms with Gasteiger partial charge in [0.2, 0.25) is 0 Å². The highest BCUT2D eigenvalue weighted by Gasteiger charge is 2.06. The molecule has 0 spiro atoms. The zero-order valence-corrected chi connectivity index (χ0v) is 14.0.